The minimum Gasteiger partial charge on any atom is -0.343 e. The highest BCUT2D eigenvalue weighted by atomic mass is 35.5. The van der Waals surface area contributed by atoms with E-state index in [4.69, 9.17) is 23.2 Å². The highest BCUT2D eigenvalue weighted by Crippen LogP contribution is 2.28. The molecule has 0 aromatic heterocycles. The third kappa shape index (κ3) is 3.16. The lowest BCUT2D eigenvalue weighted by molar-refractivity contribution is -0.151. The third-order valence-electron chi connectivity index (χ3n) is 3.62. The average Bonchev–Trinajstić information content (AvgIpc) is 2.40. The average molecular weight is 329 g/mol. The van der Waals surface area contributed by atoms with Gasteiger partial charge < -0.3 is 10.2 Å². The summed E-state index contributed by atoms with van der Waals surface area (Å²) in [7, 11) is 0. The molecule has 2 atom stereocenters. The van der Waals surface area contributed by atoms with E-state index in [1.807, 2.05) is 19.9 Å². The molecule has 1 heterocycles. The first kappa shape index (κ1) is 16.1. The van der Waals surface area contributed by atoms with Crippen LogP contribution in [0, 0.1) is 5.92 Å². The van der Waals surface area contributed by atoms with Gasteiger partial charge in [-0.15, -0.1) is 0 Å². The first-order valence-electron chi connectivity index (χ1n) is 6.86. The summed E-state index contributed by atoms with van der Waals surface area (Å²) in [5.74, 6) is -0.223. The Hall–Kier alpha value is -1.26. The first-order valence-corrected chi connectivity index (χ1v) is 7.62. The van der Waals surface area contributed by atoms with E-state index in [1.54, 1.807) is 24.0 Å². The van der Waals surface area contributed by atoms with E-state index in [0.29, 0.717) is 10.0 Å². The summed E-state index contributed by atoms with van der Waals surface area (Å²) in [4.78, 5) is 26.2. The van der Waals surface area contributed by atoms with Crippen LogP contribution in [0.25, 0.3) is 0 Å². The molecule has 4 nitrogen and oxygen atoms in total. The third-order valence-corrected chi connectivity index (χ3v) is 4.48. The largest absolute Gasteiger partial charge is 0.343 e. The Morgan fingerprint density at radius 3 is 2.57 bits per heavy atom. The molecule has 6 heteroatoms. The van der Waals surface area contributed by atoms with Crippen molar-refractivity contribution in [3.8, 4) is 0 Å². The molecule has 114 valence electrons. The number of amides is 2. The Morgan fingerprint density at radius 1 is 1.29 bits per heavy atom. The number of carbonyl (C=O) groups excluding carboxylic acids is 2. The minimum atomic E-state index is -0.523. The highest BCUT2D eigenvalue weighted by molar-refractivity contribution is 6.42. The Balaban J connectivity index is 2.35. The number of nitrogens with zero attached hydrogens (tertiary/aromatic N) is 1. The molecule has 1 aromatic carbocycles. The zero-order chi connectivity index (χ0) is 15.7. The van der Waals surface area contributed by atoms with Crippen LogP contribution < -0.4 is 5.32 Å². The lowest BCUT2D eigenvalue weighted by Gasteiger charge is -2.40. The Morgan fingerprint density at radius 2 is 1.95 bits per heavy atom. The summed E-state index contributed by atoms with van der Waals surface area (Å²) in [6.45, 7) is 5.79. The van der Waals surface area contributed by atoms with E-state index in [2.05, 4.69) is 5.32 Å². The monoisotopic (exact) mass is 328 g/mol. The van der Waals surface area contributed by atoms with Gasteiger partial charge in [0.25, 0.3) is 0 Å². The second kappa shape index (κ2) is 6.24. The fraction of sp³-hybridized carbons (Fsp3) is 0.467. The molecule has 1 N–H and O–H groups in total. The molecule has 0 aliphatic carbocycles. The topological polar surface area (TPSA) is 49.4 Å². The van der Waals surface area contributed by atoms with Crippen LogP contribution in [0.15, 0.2) is 18.2 Å². The van der Waals surface area contributed by atoms with Crippen molar-refractivity contribution in [1.29, 1.82) is 0 Å². The van der Waals surface area contributed by atoms with Crippen molar-refractivity contribution >= 4 is 35.0 Å². The Bertz CT molecular complexity index is 575. The van der Waals surface area contributed by atoms with Gasteiger partial charge in [-0.05, 0) is 24.5 Å². The molecule has 2 rings (SSSR count). The lowest BCUT2D eigenvalue weighted by Crippen LogP contribution is -2.63. The van der Waals surface area contributed by atoms with Crippen LogP contribution in [-0.4, -0.2) is 28.8 Å². The van der Waals surface area contributed by atoms with Crippen LogP contribution in [0.2, 0.25) is 10.0 Å². The normalized spacial score (nSPS) is 22.7. The van der Waals surface area contributed by atoms with Crippen molar-refractivity contribution in [2.75, 3.05) is 0 Å². The van der Waals surface area contributed by atoms with E-state index >= 15 is 0 Å². The zero-order valence-electron chi connectivity index (χ0n) is 12.2. The fourth-order valence-electron chi connectivity index (χ4n) is 2.58. The predicted molar refractivity (Wildman–Crippen MR) is 83.2 cm³/mol. The van der Waals surface area contributed by atoms with E-state index in [-0.39, 0.29) is 24.3 Å². The number of benzene rings is 1. The van der Waals surface area contributed by atoms with Gasteiger partial charge in [-0.3, -0.25) is 9.59 Å². The summed E-state index contributed by atoms with van der Waals surface area (Å²) >= 11 is 12.2. The highest BCUT2D eigenvalue weighted by Gasteiger charge is 2.40. The fourth-order valence-corrected chi connectivity index (χ4v) is 2.96. The molecule has 2 amide bonds. The lowest BCUT2D eigenvalue weighted by atomic mass is 9.96. The molecule has 0 saturated carbocycles. The Kier molecular flexibility index (Phi) is 4.79. The van der Waals surface area contributed by atoms with Crippen LogP contribution in [0.1, 0.15) is 26.3 Å². The van der Waals surface area contributed by atoms with Crippen LogP contribution in [0.3, 0.4) is 0 Å². The standard InChI is InChI=1S/C15H18Cl2N2O2/c1-8(2)13-14(20)18-9(3)15(21)19(13)7-10-5-4-6-11(16)12(10)17/h4-6,8-9,13H,7H2,1-3H3,(H,18,20). The number of piperazine rings is 1. The van der Waals surface area contributed by atoms with Crippen molar-refractivity contribution in [2.45, 2.75) is 39.4 Å². The summed E-state index contributed by atoms with van der Waals surface area (Å²) in [6.07, 6.45) is 0. The maximum Gasteiger partial charge on any atom is 0.245 e. The van der Waals surface area contributed by atoms with Gasteiger partial charge in [0.1, 0.15) is 12.1 Å². The maximum absolute atomic E-state index is 12.4. The number of halogens is 2. The molecule has 1 saturated heterocycles. The minimum absolute atomic E-state index is 0.0133. The van der Waals surface area contributed by atoms with Crippen molar-refractivity contribution in [3.63, 3.8) is 0 Å². The second-order valence-electron chi connectivity index (χ2n) is 5.60. The van der Waals surface area contributed by atoms with Gasteiger partial charge in [0.15, 0.2) is 0 Å². The van der Waals surface area contributed by atoms with Crippen LogP contribution in [-0.2, 0) is 16.1 Å². The predicted octanol–water partition coefficient (Wildman–Crippen LogP) is 2.86. The molecule has 0 radical (unpaired) electrons. The molecule has 21 heavy (non-hydrogen) atoms. The van der Waals surface area contributed by atoms with Crippen LogP contribution >= 0.6 is 23.2 Å². The van der Waals surface area contributed by atoms with Crippen molar-refractivity contribution in [3.05, 3.63) is 33.8 Å². The van der Waals surface area contributed by atoms with Crippen LogP contribution in [0.5, 0.6) is 0 Å². The summed E-state index contributed by atoms with van der Waals surface area (Å²) in [6, 6.07) is 4.27. The van der Waals surface area contributed by atoms with Gasteiger partial charge in [0.05, 0.1) is 10.0 Å². The van der Waals surface area contributed by atoms with E-state index in [9.17, 15) is 9.59 Å². The smallest absolute Gasteiger partial charge is 0.245 e. The van der Waals surface area contributed by atoms with Gasteiger partial charge in [-0.1, -0.05) is 49.2 Å². The number of rotatable bonds is 3. The van der Waals surface area contributed by atoms with E-state index in [0.717, 1.165) is 5.56 Å². The number of hydrogen-bond donors (Lipinski definition) is 1. The van der Waals surface area contributed by atoms with Crippen molar-refractivity contribution in [2.24, 2.45) is 5.92 Å². The zero-order valence-corrected chi connectivity index (χ0v) is 13.7. The molecular formula is C15H18Cl2N2O2. The van der Waals surface area contributed by atoms with E-state index in [1.165, 1.54) is 0 Å². The van der Waals surface area contributed by atoms with Crippen molar-refractivity contribution in [1.82, 2.24) is 10.2 Å². The Labute approximate surface area is 134 Å². The number of carbonyl (C=O) groups is 2. The van der Waals surface area contributed by atoms with Gasteiger partial charge in [-0.2, -0.15) is 0 Å². The molecule has 1 aromatic rings. The molecule has 0 spiro atoms. The van der Waals surface area contributed by atoms with Crippen LogP contribution in [0.4, 0.5) is 0 Å². The summed E-state index contributed by atoms with van der Waals surface area (Å²) in [5, 5.41) is 3.58. The quantitative estimate of drug-likeness (QED) is 0.927. The SMILES string of the molecule is CC1NC(=O)C(C(C)C)N(Cc2cccc(Cl)c2Cl)C1=O. The molecular weight excluding hydrogens is 311 g/mol. The number of hydrogen-bond acceptors (Lipinski definition) is 2. The van der Waals surface area contributed by atoms with Gasteiger partial charge in [-0.25, -0.2) is 0 Å². The molecule has 1 fully saturated rings. The second-order valence-corrected chi connectivity index (χ2v) is 6.38. The molecule has 0 bridgehead atoms. The molecule has 1 aliphatic rings. The van der Waals surface area contributed by atoms with Gasteiger partial charge in [0.2, 0.25) is 11.8 Å². The van der Waals surface area contributed by atoms with Gasteiger partial charge in [0, 0.05) is 6.54 Å². The van der Waals surface area contributed by atoms with Crippen molar-refractivity contribution < 1.29 is 9.59 Å². The first-order chi connectivity index (χ1) is 9.82. The molecule has 2 unspecified atom stereocenters. The van der Waals surface area contributed by atoms with Gasteiger partial charge >= 0.3 is 0 Å². The van der Waals surface area contributed by atoms with E-state index < -0.39 is 12.1 Å². The number of nitrogens with one attached hydrogen (secondary N) is 1. The maximum atomic E-state index is 12.4. The summed E-state index contributed by atoms with van der Waals surface area (Å²) < 4.78 is 0. The molecule has 1 aliphatic heterocycles. The summed E-state index contributed by atoms with van der Waals surface area (Å²) in [5.41, 5.74) is 0.741.